The maximum Gasteiger partial charge on any atom is 0.225 e. The van der Waals surface area contributed by atoms with Crippen LogP contribution in [0, 0.1) is 20.8 Å². The molecule has 0 aliphatic carbocycles. The van der Waals surface area contributed by atoms with Crippen LogP contribution in [0.4, 0.5) is 11.8 Å². The molecule has 1 aliphatic rings. The maximum atomic E-state index is 5.54. The normalized spacial score (nSPS) is 14.2. The molecule has 4 aromatic rings. The van der Waals surface area contributed by atoms with E-state index in [-0.39, 0.29) is 0 Å². The molecule has 8 heteroatoms. The van der Waals surface area contributed by atoms with Crippen molar-refractivity contribution >= 4 is 17.4 Å². The van der Waals surface area contributed by atoms with E-state index in [0.29, 0.717) is 0 Å². The molecule has 5 rings (SSSR count). The van der Waals surface area contributed by atoms with Gasteiger partial charge >= 0.3 is 0 Å². The van der Waals surface area contributed by atoms with Gasteiger partial charge in [-0.25, -0.2) is 15.0 Å². The molecule has 1 fully saturated rings. The monoisotopic (exact) mass is 429 g/mol. The molecule has 0 bridgehead atoms. The Morgan fingerprint density at radius 3 is 2.16 bits per heavy atom. The summed E-state index contributed by atoms with van der Waals surface area (Å²) in [5.74, 6) is 2.67. The number of ether oxygens (including phenoxy) is 1. The second kappa shape index (κ2) is 8.11. The molecule has 164 valence electrons. The Morgan fingerprint density at radius 2 is 1.44 bits per heavy atom. The lowest BCUT2D eigenvalue weighted by atomic mass is 10.1. The minimum absolute atomic E-state index is 0.802. The SMILES string of the molecule is COc1ccccc1-c1cc2nc(C)cc(N3CCN(c4nc(C)cc(C)n4)CC3)n2n1. The molecule has 0 radical (unpaired) electrons. The second-order valence-corrected chi connectivity index (χ2v) is 8.18. The molecule has 8 nitrogen and oxygen atoms in total. The average Bonchev–Trinajstić information content (AvgIpc) is 3.21. The molecule has 1 aromatic carbocycles. The summed E-state index contributed by atoms with van der Waals surface area (Å²) in [7, 11) is 1.68. The van der Waals surface area contributed by atoms with Gasteiger partial charge in [-0.3, -0.25) is 0 Å². The van der Waals surface area contributed by atoms with Gasteiger partial charge in [0.15, 0.2) is 5.65 Å². The lowest BCUT2D eigenvalue weighted by Gasteiger charge is -2.36. The first kappa shape index (κ1) is 20.2. The third-order valence-electron chi connectivity index (χ3n) is 5.78. The number of nitrogens with zero attached hydrogens (tertiary/aromatic N) is 7. The molecule has 0 unspecified atom stereocenters. The van der Waals surface area contributed by atoms with Crippen LogP contribution in [0.2, 0.25) is 0 Å². The highest BCUT2D eigenvalue weighted by Gasteiger charge is 2.23. The lowest BCUT2D eigenvalue weighted by molar-refractivity contribution is 0.416. The van der Waals surface area contributed by atoms with Crippen molar-refractivity contribution in [3.05, 3.63) is 59.5 Å². The Hall–Kier alpha value is -3.68. The van der Waals surface area contributed by atoms with Crippen LogP contribution in [0.1, 0.15) is 17.1 Å². The maximum absolute atomic E-state index is 5.54. The number of fused-ring (bicyclic) bond motifs is 1. The number of hydrogen-bond donors (Lipinski definition) is 0. The van der Waals surface area contributed by atoms with E-state index >= 15 is 0 Å². The molecule has 0 amide bonds. The first-order chi connectivity index (χ1) is 15.5. The summed E-state index contributed by atoms with van der Waals surface area (Å²) in [6, 6.07) is 14.1. The molecule has 4 heterocycles. The third kappa shape index (κ3) is 3.72. The predicted octanol–water partition coefficient (Wildman–Crippen LogP) is 3.45. The summed E-state index contributed by atoms with van der Waals surface area (Å²) >= 11 is 0. The number of benzene rings is 1. The number of methoxy groups -OCH3 is 1. The lowest BCUT2D eigenvalue weighted by Crippen LogP contribution is -2.47. The van der Waals surface area contributed by atoms with Crippen molar-refractivity contribution in [2.24, 2.45) is 0 Å². The topological polar surface area (TPSA) is 71.7 Å². The zero-order valence-electron chi connectivity index (χ0n) is 18.9. The standard InChI is InChI=1S/C24H27N7O/c1-16-13-17(2)27-24(26-16)30-11-9-29(10-12-30)23-14-18(3)25-22-15-20(28-31(22)23)19-7-5-6-8-21(19)32-4/h5-8,13-15H,9-12H2,1-4H3. The average molecular weight is 430 g/mol. The van der Waals surface area contributed by atoms with Crippen molar-refractivity contribution < 1.29 is 4.74 Å². The van der Waals surface area contributed by atoms with E-state index in [9.17, 15) is 0 Å². The van der Waals surface area contributed by atoms with Gasteiger partial charge in [0.05, 0.1) is 12.8 Å². The Balaban J connectivity index is 1.45. The Labute approximate surface area is 187 Å². The van der Waals surface area contributed by atoms with Crippen molar-refractivity contribution in [2.75, 3.05) is 43.1 Å². The van der Waals surface area contributed by atoms with Crippen LogP contribution < -0.4 is 14.5 Å². The van der Waals surface area contributed by atoms with E-state index in [1.54, 1.807) is 7.11 Å². The van der Waals surface area contributed by atoms with Gasteiger partial charge in [0, 0.05) is 61.0 Å². The zero-order valence-corrected chi connectivity index (χ0v) is 18.9. The summed E-state index contributed by atoms with van der Waals surface area (Å²) in [5.41, 5.74) is 5.62. The zero-order chi connectivity index (χ0) is 22.2. The fourth-order valence-corrected chi connectivity index (χ4v) is 4.28. The first-order valence-electron chi connectivity index (χ1n) is 10.8. The number of aromatic nitrogens is 5. The van der Waals surface area contributed by atoms with Crippen LogP contribution in [0.5, 0.6) is 5.75 Å². The van der Waals surface area contributed by atoms with Gasteiger partial charge in [0.1, 0.15) is 11.6 Å². The Kier molecular flexibility index (Phi) is 5.13. The molecule has 0 spiro atoms. The largest absolute Gasteiger partial charge is 0.496 e. The van der Waals surface area contributed by atoms with Crippen LogP contribution in [0.15, 0.2) is 42.5 Å². The second-order valence-electron chi connectivity index (χ2n) is 8.18. The van der Waals surface area contributed by atoms with Crippen LogP contribution >= 0.6 is 0 Å². The van der Waals surface area contributed by atoms with Crippen LogP contribution in [0.3, 0.4) is 0 Å². The molecular weight excluding hydrogens is 402 g/mol. The highest BCUT2D eigenvalue weighted by molar-refractivity contribution is 5.71. The number of hydrogen-bond acceptors (Lipinski definition) is 7. The first-order valence-corrected chi connectivity index (χ1v) is 10.8. The van der Waals surface area contributed by atoms with Gasteiger partial charge in [0.25, 0.3) is 0 Å². The molecule has 0 saturated carbocycles. The number of rotatable bonds is 4. The van der Waals surface area contributed by atoms with Gasteiger partial charge in [-0.05, 0) is 39.0 Å². The fourth-order valence-electron chi connectivity index (χ4n) is 4.28. The van der Waals surface area contributed by atoms with Crippen LogP contribution in [-0.2, 0) is 0 Å². The van der Waals surface area contributed by atoms with Gasteiger partial charge in [-0.1, -0.05) is 12.1 Å². The third-order valence-corrected chi connectivity index (χ3v) is 5.78. The molecule has 32 heavy (non-hydrogen) atoms. The highest BCUT2D eigenvalue weighted by Crippen LogP contribution is 2.30. The van der Waals surface area contributed by atoms with Crippen molar-refractivity contribution in [3.8, 4) is 17.0 Å². The summed E-state index contributed by atoms with van der Waals surface area (Å²) in [6.07, 6.45) is 0. The van der Waals surface area contributed by atoms with Gasteiger partial charge in [-0.15, -0.1) is 0 Å². The Morgan fingerprint density at radius 1 is 0.781 bits per heavy atom. The molecule has 1 saturated heterocycles. The molecular formula is C24H27N7O. The summed E-state index contributed by atoms with van der Waals surface area (Å²) in [4.78, 5) is 18.6. The van der Waals surface area contributed by atoms with Gasteiger partial charge in [-0.2, -0.15) is 9.61 Å². The number of piperazine rings is 1. The van der Waals surface area contributed by atoms with E-state index in [2.05, 4.69) is 25.8 Å². The minimum Gasteiger partial charge on any atom is -0.496 e. The smallest absolute Gasteiger partial charge is 0.225 e. The molecule has 0 N–H and O–H groups in total. The van der Waals surface area contributed by atoms with Gasteiger partial charge < -0.3 is 14.5 Å². The Bertz CT molecular complexity index is 1250. The van der Waals surface area contributed by atoms with Crippen molar-refractivity contribution in [1.29, 1.82) is 0 Å². The van der Waals surface area contributed by atoms with E-state index in [1.165, 1.54) is 0 Å². The summed E-state index contributed by atoms with van der Waals surface area (Å²) in [6.45, 7) is 9.49. The van der Waals surface area contributed by atoms with Crippen molar-refractivity contribution in [3.63, 3.8) is 0 Å². The molecule has 0 atom stereocenters. The van der Waals surface area contributed by atoms with E-state index in [1.807, 2.05) is 61.7 Å². The highest BCUT2D eigenvalue weighted by atomic mass is 16.5. The minimum atomic E-state index is 0.802. The molecule has 3 aromatic heterocycles. The number of para-hydroxylation sites is 1. The van der Waals surface area contributed by atoms with E-state index in [4.69, 9.17) is 14.8 Å². The van der Waals surface area contributed by atoms with Gasteiger partial charge in [0.2, 0.25) is 5.95 Å². The predicted molar refractivity (Wildman–Crippen MR) is 126 cm³/mol. The molecule has 1 aliphatic heterocycles. The van der Waals surface area contributed by atoms with Crippen molar-refractivity contribution in [2.45, 2.75) is 20.8 Å². The van der Waals surface area contributed by atoms with E-state index < -0.39 is 0 Å². The number of anilines is 2. The van der Waals surface area contributed by atoms with Crippen LogP contribution in [0.25, 0.3) is 16.9 Å². The van der Waals surface area contributed by atoms with Crippen molar-refractivity contribution in [1.82, 2.24) is 24.6 Å². The fraction of sp³-hybridized carbons (Fsp3) is 0.333. The quantitative estimate of drug-likeness (QED) is 0.492. The van der Waals surface area contributed by atoms with E-state index in [0.717, 1.165) is 77.7 Å². The summed E-state index contributed by atoms with van der Waals surface area (Å²) < 4.78 is 7.48. The summed E-state index contributed by atoms with van der Waals surface area (Å²) in [5, 5.41) is 4.90. The number of aryl methyl sites for hydroxylation is 3. The van der Waals surface area contributed by atoms with Crippen LogP contribution in [-0.4, -0.2) is 57.9 Å².